The maximum Gasteiger partial charge on any atom is 0.302 e. The molecule has 0 N–H and O–H groups in total. The van der Waals surface area contributed by atoms with Crippen molar-refractivity contribution >= 4 is 58.8 Å². The number of ether oxygens (including phenoxy) is 1. The molecule has 1 aromatic heterocycles. The maximum absolute atomic E-state index is 12.6. The summed E-state index contributed by atoms with van der Waals surface area (Å²) in [5.41, 5.74) is 0.256. The molecular formula is C17H17BrClN2O4P. The molecule has 6 nitrogen and oxygen atoms in total. The number of hydrogen-bond donors (Lipinski definition) is 0. The van der Waals surface area contributed by atoms with E-state index in [1.54, 1.807) is 12.1 Å². The van der Waals surface area contributed by atoms with E-state index in [0.717, 1.165) is 12.6 Å². The molecule has 0 aliphatic carbocycles. The highest BCUT2D eigenvalue weighted by molar-refractivity contribution is 9.10. The second-order valence-corrected chi connectivity index (χ2v) is 9.11. The van der Waals surface area contributed by atoms with Crippen molar-refractivity contribution in [1.29, 1.82) is 0 Å². The zero-order valence-electron chi connectivity index (χ0n) is 14.0. The van der Waals surface area contributed by atoms with E-state index in [2.05, 4.69) is 20.9 Å². The Hall–Kier alpha value is -1.30. The molecule has 0 amide bonds. The van der Waals surface area contributed by atoms with Crippen LogP contribution >= 0.6 is 36.1 Å². The number of carbonyl (C=O) groups excluding carboxylic acids is 2. The molecule has 2 heterocycles. The van der Waals surface area contributed by atoms with Crippen LogP contribution in [-0.2, 0) is 20.9 Å². The highest BCUT2D eigenvalue weighted by atomic mass is 79.9. The lowest BCUT2D eigenvalue weighted by Crippen LogP contribution is -2.29. The van der Waals surface area contributed by atoms with Crippen molar-refractivity contribution in [2.24, 2.45) is 0 Å². The molecule has 3 unspecified atom stereocenters. The standard InChI is InChI=1S/C17H17BrClN2O4P/c1-9(22)25-15-2-3-26-16(15)4-10(23)7-21-8-20-14-6-12(18)13(19)5-11(14)17(21)24/h5-6,8,15-16,26H,2-4,7H2,1H3. The first kappa shape index (κ1) is 19.5. The normalized spacial score (nSPS) is 20.6. The second-order valence-electron chi connectivity index (χ2n) is 6.20. The predicted molar refractivity (Wildman–Crippen MR) is 105 cm³/mol. The van der Waals surface area contributed by atoms with Crippen LogP contribution < -0.4 is 5.56 Å². The second kappa shape index (κ2) is 8.15. The van der Waals surface area contributed by atoms with Gasteiger partial charge in [-0.3, -0.25) is 19.0 Å². The number of aromatic nitrogens is 2. The van der Waals surface area contributed by atoms with Crippen LogP contribution in [0.3, 0.4) is 0 Å². The van der Waals surface area contributed by atoms with Crippen molar-refractivity contribution in [1.82, 2.24) is 9.55 Å². The van der Waals surface area contributed by atoms with Gasteiger partial charge in [-0.25, -0.2) is 4.98 Å². The van der Waals surface area contributed by atoms with E-state index < -0.39 is 0 Å². The predicted octanol–water partition coefficient (Wildman–Crippen LogP) is 3.15. The van der Waals surface area contributed by atoms with Gasteiger partial charge in [-0.15, -0.1) is 8.58 Å². The van der Waals surface area contributed by atoms with Crippen molar-refractivity contribution in [3.63, 3.8) is 0 Å². The van der Waals surface area contributed by atoms with E-state index in [-0.39, 0.29) is 35.6 Å². The highest BCUT2D eigenvalue weighted by Gasteiger charge is 2.31. The number of esters is 1. The smallest absolute Gasteiger partial charge is 0.302 e. The Morgan fingerprint density at radius 2 is 2.23 bits per heavy atom. The molecule has 1 saturated heterocycles. The van der Waals surface area contributed by atoms with E-state index in [1.165, 1.54) is 17.8 Å². The molecule has 0 spiro atoms. The Balaban J connectivity index is 1.75. The average Bonchev–Trinajstić information content (AvgIpc) is 2.98. The maximum atomic E-state index is 12.6. The summed E-state index contributed by atoms with van der Waals surface area (Å²) in [7, 11) is 0.588. The van der Waals surface area contributed by atoms with Gasteiger partial charge in [0.1, 0.15) is 6.10 Å². The van der Waals surface area contributed by atoms with Crippen molar-refractivity contribution in [2.75, 3.05) is 6.16 Å². The Kier molecular flexibility index (Phi) is 6.10. The Morgan fingerprint density at radius 3 is 2.96 bits per heavy atom. The molecule has 26 heavy (non-hydrogen) atoms. The highest BCUT2D eigenvalue weighted by Crippen LogP contribution is 2.37. The van der Waals surface area contributed by atoms with Gasteiger partial charge in [0.25, 0.3) is 5.56 Å². The summed E-state index contributed by atoms with van der Waals surface area (Å²) >= 11 is 9.36. The van der Waals surface area contributed by atoms with Crippen molar-refractivity contribution < 1.29 is 14.3 Å². The number of fused-ring (bicyclic) bond motifs is 1. The van der Waals surface area contributed by atoms with E-state index in [9.17, 15) is 14.4 Å². The van der Waals surface area contributed by atoms with Gasteiger partial charge >= 0.3 is 5.97 Å². The quantitative estimate of drug-likeness (QED) is 0.507. The topological polar surface area (TPSA) is 78.3 Å². The first-order valence-corrected chi connectivity index (χ1v) is 10.6. The van der Waals surface area contributed by atoms with Gasteiger partial charge in [-0.05, 0) is 40.6 Å². The summed E-state index contributed by atoms with van der Waals surface area (Å²) in [6.45, 7) is 1.33. The van der Waals surface area contributed by atoms with Crippen LogP contribution in [0.4, 0.5) is 0 Å². The molecule has 9 heteroatoms. The lowest BCUT2D eigenvalue weighted by Gasteiger charge is -2.18. The number of Topliss-reactive ketones (excluding diaryl/α,β-unsaturated/α-hetero) is 1. The minimum absolute atomic E-state index is 0.0425. The monoisotopic (exact) mass is 458 g/mol. The molecule has 1 aliphatic heterocycles. The van der Waals surface area contributed by atoms with Crippen LogP contribution in [-0.4, -0.2) is 39.2 Å². The van der Waals surface area contributed by atoms with E-state index in [0.29, 0.717) is 35.4 Å². The van der Waals surface area contributed by atoms with Gasteiger partial charge in [0.05, 0.1) is 28.8 Å². The third-order valence-electron chi connectivity index (χ3n) is 4.26. The third kappa shape index (κ3) is 4.33. The fourth-order valence-corrected chi connectivity index (χ4v) is 5.25. The average molecular weight is 460 g/mol. The molecule has 0 saturated carbocycles. The zero-order chi connectivity index (χ0) is 18.8. The van der Waals surface area contributed by atoms with Gasteiger partial charge in [0.15, 0.2) is 5.78 Å². The summed E-state index contributed by atoms with van der Waals surface area (Å²) in [6.07, 6.45) is 3.23. The summed E-state index contributed by atoms with van der Waals surface area (Å²) in [6, 6.07) is 3.22. The van der Waals surface area contributed by atoms with Crippen LogP contribution in [0.2, 0.25) is 5.02 Å². The number of benzene rings is 1. The van der Waals surface area contributed by atoms with Crippen LogP contribution in [0, 0.1) is 0 Å². The number of ketones is 1. The Morgan fingerprint density at radius 1 is 1.46 bits per heavy atom. The molecule has 138 valence electrons. The third-order valence-corrected chi connectivity index (χ3v) is 7.14. The first-order chi connectivity index (χ1) is 12.3. The minimum Gasteiger partial charge on any atom is -0.462 e. The Labute approximate surface area is 165 Å². The SMILES string of the molecule is CC(=O)OC1CCPC1CC(=O)Cn1cnc2cc(Br)c(Cl)cc2c1=O. The molecule has 1 fully saturated rings. The zero-order valence-corrected chi connectivity index (χ0v) is 17.3. The van der Waals surface area contributed by atoms with Crippen LogP contribution in [0.5, 0.6) is 0 Å². The molecule has 1 aliphatic rings. The summed E-state index contributed by atoms with van der Waals surface area (Å²) < 4.78 is 7.25. The number of nitrogens with zero attached hydrogens (tertiary/aromatic N) is 2. The van der Waals surface area contributed by atoms with Crippen molar-refractivity contribution in [3.05, 3.63) is 38.3 Å². The largest absolute Gasteiger partial charge is 0.462 e. The van der Waals surface area contributed by atoms with Gasteiger partial charge in [0, 0.05) is 23.5 Å². The van der Waals surface area contributed by atoms with Gasteiger partial charge < -0.3 is 4.74 Å². The van der Waals surface area contributed by atoms with Crippen molar-refractivity contribution in [2.45, 2.75) is 38.1 Å². The number of halogens is 2. The summed E-state index contributed by atoms with van der Waals surface area (Å²) in [4.78, 5) is 40.5. The number of hydrogen-bond acceptors (Lipinski definition) is 5. The summed E-state index contributed by atoms with van der Waals surface area (Å²) in [5, 5.41) is 0.783. The number of rotatable bonds is 5. The van der Waals surface area contributed by atoms with Crippen LogP contribution in [0.15, 0.2) is 27.7 Å². The van der Waals surface area contributed by atoms with Crippen LogP contribution in [0.25, 0.3) is 10.9 Å². The number of carbonyl (C=O) groups is 2. The van der Waals surface area contributed by atoms with E-state index in [4.69, 9.17) is 16.3 Å². The van der Waals surface area contributed by atoms with Gasteiger partial charge in [-0.1, -0.05) is 11.6 Å². The first-order valence-electron chi connectivity index (χ1n) is 8.11. The lowest BCUT2D eigenvalue weighted by atomic mass is 10.1. The molecular weight excluding hydrogens is 443 g/mol. The molecule has 0 bridgehead atoms. The molecule has 1 aromatic carbocycles. The van der Waals surface area contributed by atoms with Gasteiger partial charge in [-0.2, -0.15) is 0 Å². The molecule has 0 radical (unpaired) electrons. The molecule has 2 aromatic rings. The Bertz CT molecular complexity index is 933. The molecule has 3 rings (SSSR count). The van der Waals surface area contributed by atoms with Crippen molar-refractivity contribution in [3.8, 4) is 0 Å². The molecule has 3 atom stereocenters. The fraction of sp³-hybridized carbons (Fsp3) is 0.412. The minimum atomic E-state index is -0.322. The lowest BCUT2D eigenvalue weighted by molar-refractivity contribution is -0.146. The van der Waals surface area contributed by atoms with E-state index in [1.807, 2.05) is 0 Å². The van der Waals surface area contributed by atoms with E-state index >= 15 is 0 Å². The fourth-order valence-electron chi connectivity index (χ4n) is 3.07. The summed E-state index contributed by atoms with van der Waals surface area (Å²) in [5.74, 6) is -0.398. The van der Waals surface area contributed by atoms with Gasteiger partial charge in [0.2, 0.25) is 0 Å². The van der Waals surface area contributed by atoms with Crippen LogP contribution in [0.1, 0.15) is 19.8 Å².